The van der Waals surface area contributed by atoms with Crippen molar-refractivity contribution in [1.29, 1.82) is 0 Å². The fraction of sp³-hybridized carbons (Fsp3) is 0.333. The lowest BCUT2D eigenvalue weighted by Gasteiger charge is -2.12. The Morgan fingerprint density at radius 3 is 2.69 bits per heavy atom. The SMILES string of the molecule is Cc1cc(Br)cc([C@@H](N)CN)c1F. The molecule has 0 unspecified atom stereocenters. The van der Waals surface area contributed by atoms with Crippen molar-refractivity contribution in [2.45, 2.75) is 13.0 Å². The molecule has 1 atom stereocenters. The van der Waals surface area contributed by atoms with Gasteiger partial charge < -0.3 is 11.5 Å². The van der Waals surface area contributed by atoms with Crippen LogP contribution in [0.25, 0.3) is 0 Å². The zero-order valence-corrected chi connectivity index (χ0v) is 8.94. The smallest absolute Gasteiger partial charge is 0.131 e. The Bertz CT molecular complexity index is 315. The fourth-order valence-electron chi connectivity index (χ4n) is 1.15. The Labute approximate surface area is 85.2 Å². The predicted molar refractivity (Wildman–Crippen MR) is 54.8 cm³/mol. The van der Waals surface area contributed by atoms with Crippen LogP contribution >= 0.6 is 15.9 Å². The Morgan fingerprint density at radius 1 is 1.54 bits per heavy atom. The van der Waals surface area contributed by atoms with Crippen LogP contribution in [0, 0.1) is 12.7 Å². The van der Waals surface area contributed by atoms with E-state index in [1.54, 1.807) is 19.1 Å². The first-order valence-electron chi connectivity index (χ1n) is 3.97. The van der Waals surface area contributed by atoms with Crippen molar-refractivity contribution < 1.29 is 4.39 Å². The monoisotopic (exact) mass is 246 g/mol. The first kappa shape index (κ1) is 10.6. The maximum absolute atomic E-state index is 13.5. The molecule has 72 valence electrons. The topological polar surface area (TPSA) is 52.0 Å². The van der Waals surface area contributed by atoms with Gasteiger partial charge in [-0.3, -0.25) is 0 Å². The van der Waals surface area contributed by atoms with Crippen molar-refractivity contribution in [3.05, 3.63) is 33.5 Å². The molecule has 0 amide bonds. The molecule has 0 heterocycles. The molecular formula is C9H12BrFN2. The molecule has 0 aliphatic heterocycles. The third-order valence-electron chi connectivity index (χ3n) is 1.90. The summed E-state index contributed by atoms with van der Waals surface area (Å²) in [5.74, 6) is -0.263. The Balaban J connectivity index is 3.20. The molecule has 0 radical (unpaired) electrons. The normalized spacial score (nSPS) is 13.0. The van der Waals surface area contributed by atoms with Gasteiger partial charge in [0.1, 0.15) is 5.82 Å². The molecule has 0 spiro atoms. The van der Waals surface area contributed by atoms with Gasteiger partial charge in [-0.2, -0.15) is 0 Å². The lowest BCUT2D eigenvalue weighted by Crippen LogP contribution is -2.22. The van der Waals surface area contributed by atoms with Crippen LogP contribution in [-0.4, -0.2) is 6.54 Å². The van der Waals surface area contributed by atoms with Gasteiger partial charge in [0.05, 0.1) is 0 Å². The third kappa shape index (κ3) is 2.27. The first-order valence-corrected chi connectivity index (χ1v) is 4.76. The number of aryl methyl sites for hydroxylation is 1. The third-order valence-corrected chi connectivity index (χ3v) is 2.36. The van der Waals surface area contributed by atoms with E-state index in [2.05, 4.69) is 15.9 Å². The molecule has 4 N–H and O–H groups in total. The summed E-state index contributed by atoms with van der Waals surface area (Å²) in [5.41, 5.74) is 12.1. The van der Waals surface area contributed by atoms with E-state index in [0.29, 0.717) is 11.1 Å². The van der Waals surface area contributed by atoms with Gasteiger partial charge in [-0.15, -0.1) is 0 Å². The maximum atomic E-state index is 13.5. The Kier molecular flexibility index (Phi) is 3.41. The summed E-state index contributed by atoms with van der Waals surface area (Å²) >= 11 is 3.28. The van der Waals surface area contributed by atoms with E-state index in [1.807, 2.05) is 0 Å². The van der Waals surface area contributed by atoms with Gasteiger partial charge in [-0.25, -0.2) is 4.39 Å². The van der Waals surface area contributed by atoms with E-state index in [-0.39, 0.29) is 12.4 Å². The van der Waals surface area contributed by atoms with E-state index in [9.17, 15) is 4.39 Å². The van der Waals surface area contributed by atoms with Gasteiger partial charge in [0.25, 0.3) is 0 Å². The zero-order valence-electron chi connectivity index (χ0n) is 7.35. The van der Waals surface area contributed by atoms with Crippen molar-refractivity contribution in [2.75, 3.05) is 6.54 Å². The summed E-state index contributed by atoms with van der Waals surface area (Å²) in [7, 11) is 0. The highest BCUT2D eigenvalue weighted by molar-refractivity contribution is 9.10. The van der Waals surface area contributed by atoms with Gasteiger partial charge in [0, 0.05) is 22.6 Å². The molecule has 2 nitrogen and oxygen atoms in total. The number of nitrogens with two attached hydrogens (primary N) is 2. The van der Waals surface area contributed by atoms with Crippen LogP contribution in [-0.2, 0) is 0 Å². The minimum Gasteiger partial charge on any atom is -0.329 e. The number of benzene rings is 1. The average Bonchev–Trinajstić information content (AvgIpc) is 2.10. The molecule has 0 bridgehead atoms. The summed E-state index contributed by atoms with van der Waals surface area (Å²) in [6.45, 7) is 1.94. The van der Waals surface area contributed by atoms with Crippen LogP contribution < -0.4 is 11.5 Å². The Hall–Kier alpha value is -0.450. The van der Waals surface area contributed by atoms with Crippen molar-refractivity contribution in [3.8, 4) is 0 Å². The summed E-state index contributed by atoms with van der Waals surface area (Å²) in [6, 6.07) is 2.94. The van der Waals surface area contributed by atoms with Crippen molar-refractivity contribution >= 4 is 15.9 Å². The number of rotatable bonds is 2. The van der Waals surface area contributed by atoms with E-state index < -0.39 is 6.04 Å². The van der Waals surface area contributed by atoms with Crippen LogP contribution in [0.4, 0.5) is 4.39 Å². The maximum Gasteiger partial charge on any atom is 0.131 e. The molecule has 4 heteroatoms. The molecule has 0 fully saturated rings. The van der Waals surface area contributed by atoms with Gasteiger partial charge in [-0.1, -0.05) is 15.9 Å². The summed E-state index contributed by atoms with van der Waals surface area (Å²) < 4.78 is 14.3. The molecule has 1 aromatic carbocycles. The standard InChI is InChI=1S/C9H12BrFN2/c1-5-2-6(10)3-7(9(5)11)8(13)4-12/h2-3,8H,4,12-13H2,1H3/t8-/m0/s1. The highest BCUT2D eigenvalue weighted by atomic mass is 79.9. The molecule has 0 saturated heterocycles. The number of halogens is 2. The minimum atomic E-state index is -0.434. The van der Waals surface area contributed by atoms with Gasteiger partial charge in [-0.05, 0) is 24.6 Å². The highest BCUT2D eigenvalue weighted by Gasteiger charge is 2.12. The highest BCUT2D eigenvalue weighted by Crippen LogP contribution is 2.23. The summed E-state index contributed by atoms with van der Waals surface area (Å²) in [4.78, 5) is 0. The van der Waals surface area contributed by atoms with Crippen LogP contribution in [0.15, 0.2) is 16.6 Å². The molecule has 1 rings (SSSR count). The van der Waals surface area contributed by atoms with Crippen molar-refractivity contribution in [1.82, 2.24) is 0 Å². The van der Waals surface area contributed by atoms with Gasteiger partial charge >= 0.3 is 0 Å². The van der Waals surface area contributed by atoms with E-state index in [1.165, 1.54) is 0 Å². The first-order chi connectivity index (χ1) is 6.06. The largest absolute Gasteiger partial charge is 0.329 e. The lowest BCUT2D eigenvalue weighted by molar-refractivity contribution is 0.576. The van der Waals surface area contributed by atoms with Crippen molar-refractivity contribution in [3.63, 3.8) is 0 Å². The second kappa shape index (κ2) is 4.17. The number of hydrogen-bond donors (Lipinski definition) is 2. The number of hydrogen-bond acceptors (Lipinski definition) is 2. The second-order valence-electron chi connectivity index (χ2n) is 2.97. The molecular weight excluding hydrogens is 235 g/mol. The molecule has 0 aliphatic carbocycles. The van der Waals surface area contributed by atoms with Crippen LogP contribution in [0.2, 0.25) is 0 Å². The van der Waals surface area contributed by atoms with Crippen LogP contribution in [0.5, 0.6) is 0 Å². The van der Waals surface area contributed by atoms with Gasteiger partial charge in [0.15, 0.2) is 0 Å². The lowest BCUT2D eigenvalue weighted by atomic mass is 10.0. The van der Waals surface area contributed by atoms with E-state index >= 15 is 0 Å². The Morgan fingerprint density at radius 2 is 2.15 bits per heavy atom. The van der Waals surface area contributed by atoms with Crippen LogP contribution in [0.3, 0.4) is 0 Å². The molecule has 0 aliphatic rings. The molecule has 13 heavy (non-hydrogen) atoms. The summed E-state index contributed by atoms with van der Waals surface area (Å²) in [5, 5.41) is 0. The molecule has 0 aromatic heterocycles. The molecule has 1 aromatic rings. The minimum absolute atomic E-state index is 0.243. The van der Waals surface area contributed by atoms with Gasteiger partial charge in [0.2, 0.25) is 0 Å². The zero-order chi connectivity index (χ0) is 10.0. The molecule has 0 saturated carbocycles. The predicted octanol–water partition coefficient (Wildman–Crippen LogP) is 1.86. The van der Waals surface area contributed by atoms with Crippen LogP contribution in [0.1, 0.15) is 17.2 Å². The van der Waals surface area contributed by atoms with Crippen molar-refractivity contribution in [2.24, 2.45) is 11.5 Å². The quantitative estimate of drug-likeness (QED) is 0.837. The fourth-order valence-corrected chi connectivity index (χ4v) is 1.74. The second-order valence-corrected chi connectivity index (χ2v) is 3.88. The van der Waals surface area contributed by atoms with E-state index in [4.69, 9.17) is 11.5 Å². The van der Waals surface area contributed by atoms with E-state index in [0.717, 1.165) is 4.47 Å². The summed E-state index contributed by atoms with van der Waals surface area (Å²) in [6.07, 6.45) is 0. The average molecular weight is 247 g/mol.